The number of aromatic nitrogens is 3. The summed E-state index contributed by atoms with van der Waals surface area (Å²) in [4.78, 5) is 16.9. The predicted molar refractivity (Wildman–Crippen MR) is 119 cm³/mol. The molecule has 0 saturated carbocycles. The second kappa shape index (κ2) is 9.94. The Labute approximate surface area is 185 Å². The summed E-state index contributed by atoms with van der Waals surface area (Å²) in [6, 6.07) is 14.0. The largest absolute Gasteiger partial charge is 0.495 e. The van der Waals surface area contributed by atoms with E-state index in [2.05, 4.69) is 20.5 Å². The van der Waals surface area contributed by atoms with Crippen molar-refractivity contribution in [1.29, 1.82) is 0 Å². The Bertz CT molecular complexity index is 1150. The maximum Gasteiger partial charge on any atom is 0.251 e. The molecule has 1 aromatic heterocycles. The zero-order valence-electron chi connectivity index (χ0n) is 17.3. The van der Waals surface area contributed by atoms with Gasteiger partial charge in [0, 0.05) is 37.5 Å². The molecule has 0 unspecified atom stereocenters. The van der Waals surface area contributed by atoms with Gasteiger partial charge in [-0.2, -0.15) is 0 Å². The molecule has 2 N–H and O–H groups in total. The molecular formula is C20H23N5O4S2. The van der Waals surface area contributed by atoms with Gasteiger partial charge in [0.15, 0.2) is 5.82 Å². The number of benzene rings is 2. The van der Waals surface area contributed by atoms with Gasteiger partial charge in [-0.05, 0) is 18.2 Å². The number of methoxy groups -OCH3 is 1. The van der Waals surface area contributed by atoms with E-state index in [0.29, 0.717) is 23.3 Å². The van der Waals surface area contributed by atoms with Gasteiger partial charge in [-0.25, -0.2) is 17.7 Å². The van der Waals surface area contributed by atoms with E-state index in [0.717, 1.165) is 9.87 Å². The van der Waals surface area contributed by atoms with Crippen molar-refractivity contribution in [2.75, 3.05) is 33.5 Å². The van der Waals surface area contributed by atoms with E-state index in [1.165, 1.54) is 51.2 Å². The van der Waals surface area contributed by atoms with Crippen LogP contribution in [0.25, 0.3) is 11.4 Å². The van der Waals surface area contributed by atoms with Gasteiger partial charge in [0.25, 0.3) is 5.91 Å². The van der Waals surface area contributed by atoms with Crippen molar-refractivity contribution in [2.45, 2.75) is 10.1 Å². The van der Waals surface area contributed by atoms with E-state index in [9.17, 15) is 13.2 Å². The Hall–Kier alpha value is -2.89. The molecule has 31 heavy (non-hydrogen) atoms. The number of hydrogen-bond donors (Lipinski definition) is 2. The van der Waals surface area contributed by atoms with Crippen LogP contribution < -0.4 is 10.1 Å². The number of sulfonamides is 1. The van der Waals surface area contributed by atoms with Crippen LogP contribution in [0.3, 0.4) is 0 Å². The molecule has 9 nitrogen and oxygen atoms in total. The molecule has 3 aromatic rings. The second-order valence-corrected chi connectivity index (χ2v) is 9.77. The maximum atomic E-state index is 12.5. The minimum atomic E-state index is -3.75. The van der Waals surface area contributed by atoms with Crippen LogP contribution >= 0.6 is 11.8 Å². The lowest BCUT2D eigenvalue weighted by atomic mass is 10.2. The van der Waals surface area contributed by atoms with E-state index < -0.39 is 10.0 Å². The van der Waals surface area contributed by atoms with Crippen molar-refractivity contribution in [3.63, 3.8) is 0 Å². The minimum absolute atomic E-state index is 0.0591. The van der Waals surface area contributed by atoms with E-state index >= 15 is 0 Å². The number of H-pyrrole nitrogens is 1. The summed E-state index contributed by atoms with van der Waals surface area (Å²) in [5.41, 5.74) is 1.17. The van der Waals surface area contributed by atoms with Gasteiger partial charge >= 0.3 is 0 Å². The van der Waals surface area contributed by atoms with Crippen LogP contribution in [0, 0.1) is 0 Å². The van der Waals surface area contributed by atoms with Crippen molar-refractivity contribution >= 4 is 27.7 Å². The highest BCUT2D eigenvalue weighted by Crippen LogP contribution is 2.27. The van der Waals surface area contributed by atoms with Crippen molar-refractivity contribution in [3.05, 3.63) is 54.1 Å². The number of rotatable bonds is 9. The molecule has 3 rings (SSSR count). The topological polar surface area (TPSA) is 117 Å². The van der Waals surface area contributed by atoms with Gasteiger partial charge < -0.3 is 10.1 Å². The molecule has 0 aliphatic carbocycles. The Morgan fingerprint density at radius 3 is 2.61 bits per heavy atom. The molecule has 0 aliphatic rings. The first-order valence-corrected chi connectivity index (χ1v) is 11.7. The molecule has 0 atom stereocenters. The van der Waals surface area contributed by atoms with E-state index in [1.54, 1.807) is 0 Å². The molecule has 2 aromatic carbocycles. The summed E-state index contributed by atoms with van der Waals surface area (Å²) in [5.74, 6) is 1.04. The first-order chi connectivity index (χ1) is 14.8. The van der Waals surface area contributed by atoms with Crippen LogP contribution in [0.15, 0.2) is 58.6 Å². The lowest BCUT2D eigenvalue weighted by Crippen LogP contribution is -2.27. The van der Waals surface area contributed by atoms with Crippen molar-refractivity contribution in [1.82, 2.24) is 24.8 Å². The first-order valence-electron chi connectivity index (χ1n) is 9.32. The van der Waals surface area contributed by atoms with E-state index in [1.807, 2.05) is 30.3 Å². The molecule has 11 heteroatoms. The summed E-state index contributed by atoms with van der Waals surface area (Å²) in [7, 11) is 0.472. The normalized spacial score (nSPS) is 11.5. The minimum Gasteiger partial charge on any atom is -0.495 e. The molecule has 1 heterocycles. The van der Waals surface area contributed by atoms with Gasteiger partial charge in [0.1, 0.15) is 10.6 Å². The zero-order chi connectivity index (χ0) is 22.4. The highest BCUT2D eigenvalue weighted by molar-refractivity contribution is 7.99. The lowest BCUT2D eigenvalue weighted by molar-refractivity contribution is 0.0956. The summed E-state index contributed by atoms with van der Waals surface area (Å²) >= 11 is 1.40. The van der Waals surface area contributed by atoms with Crippen molar-refractivity contribution in [3.8, 4) is 17.1 Å². The van der Waals surface area contributed by atoms with Crippen LogP contribution in [0.4, 0.5) is 0 Å². The number of thioether (sulfide) groups is 1. The number of nitrogens with zero attached hydrogens (tertiary/aromatic N) is 3. The van der Waals surface area contributed by atoms with Gasteiger partial charge in [0.05, 0.1) is 7.11 Å². The SMILES string of the molecule is COc1ccc(C(=O)NCCSc2n[nH]c(-c3ccccc3)n2)cc1S(=O)(=O)N(C)C. The number of amides is 1. The average molecular weight is 462 g/mol. The third-order valence-electron chi connectivity index (χ3n) is 4.32. The highest BCUT2D eigenvalue weighted by Gasteiger charge is 2.23. The van der Waals surface area contributed by atoms with Crippen LogP contribution in [0.5, 0.6) is 5.75 Å². The molecule has 1 amide bonds. The molecule has 0 fully saturated rings. The average Bonchev–Trinajstić information content (AvgIpc) is 3.25. The van der Waals surface area contributed by atoms with Crippen LogP contribution in [0.2, 0.25) is 0 Å². The number of hydrogen-bond acceptors (Lipinski definition) is 7. The third kappa shape index (κ3) is 5.43. The first kappa shape index (κ1) is 22.8. The van der Waals surface area contributed by atoms with E-state index in [4.69, 9.17) is 4.74 Å². The number of aromatic amines is 1. The summed E-state index contributed by atoms with van der Waals surface area (Å²) < 4.78 is 31.2. The molecule has 0 aliphatic heterocycles. The van der Waals surface area contributed by atoms with Crippen LogP contribution in [-0.4, -0.2) is 67.3 Å². The Morgan fingerprint density at radius 2 is 1.94 bits per heavy atom. The van der Waals surface area contributed by atoms with Gasteiger partial charge in [-0.1, -0.05) is 42.1 Å². The van der Waals surface area contributed by atoms with E-state index in [-0.39, 0.29) is 22.1 Å². The Kier molecular flexibility index (Phi) is 7.31. The molecule has 0 bridgehead atoms. The summed E-state index contributed by atoms with van der Waals surface area (Å²) in [6.07, 6.45) is 0. The van der Waals surface area contributed by atoms with Crippen LogP contribution in [0.1, 0.15) is 10.4 Å². The van der Waals surface area contributed by atoms with Crippen molar-refractivity contribution < 1.29 is 17.9 Å². The van der Waals surface area contributed by atoms with Crippen LogP contribution in [-0.2, 0) is 10.0 Å². The highest BCUT2D eigenvalue weighted by atomic mass is 32.2. The Morgan fingerprint density at radius 1 is 1.19 bits per heavy atom. The molecular weight excluding hydrogens is 438 g/mol. The third-order valence-corrected chi connectivity index (χ3v) is 7.00. The Balaban J connectivity index is 1.58. The number of carbonyl (C=O) groups excluding carboxylic acids is 1. The zero-order valence-corrected chi connectivity index (χ0v) is 19.0. The number of ether oxygens (including phenoxy) is 1. The standard InChI is InChI=1S/C20H23N5O4S2/c1-25(2)31(27,28)17-13-15(9-10-16(17)29-3)19(26)21-11-12-30-20-22-18(23-24-20)14-7-5-4-6-8-14/h4-10,13H,11-12H2,1-3H3,(H,21,26)(H,22,23,24). The fraction of sp³-hybridized carbons (Fsp3) is 0.250. The van der Waals surface area contributed by atoms with Crippen molar-refractivity contribution in [2.24, 2.45) is 0 Å². The molecule has 0 radical (unpaired) electrons. The molecule has 164 valence electrons. The predicted octanol–water partition coefficient (Wildman–Crippen LogP) is 2.25. The smallest absolute Gasteiger partial charge is 0.251 e. The number of carbonyl (C=O) groups is 1. The number of nitrogens with one attached hydrogen (secondary N) is 2. The van der Waals surface area contributed by atoms with Gasteiger partial charge in [0.2, 0.25) is 15.2 Å². The summed E-state index contributed by atoms with van der Waals surface area (Å²) in [6.45, 7) is 0.362. The second-order valence-electron chi connectivity index (χ2n) is 6.59. The molecule has 0 spiro atoms. The lowest BCUT2D eigenvalue weighted by Gasteiger charge is -2.15. The van der Waals surface area contributed by atoms with Gasteiger partial charge in [-0.3, -0.25) is 9.89 Å². The maximum absolute atomic E-state index is 12.5. The fourth-order valence-corrected chi connectivity index (χ4v) is 4.39. The summed E-state index contributed by atoms with van der Waals surface area (Å²) in [5, 5.41) is 10.4. The molecule has 0 saturated heterocycles. The quantitative estimate of drug-likeness (QED) is 0.371. The fourth-order valence-electron chi connectivity index (χ4n) is 2.66. The van der Waals surface area contributed by atoms with Gasteiger partial charge in [-0.15, -0.1) is 5.10 Å². The monoisotopic (exact) mass is 461 g/mol.